The molecule has 1 heterocycles. The summed E-state index contributed by atoms with van der Waals surface area (Å²) < 4.78 is 32.4. The zero-order valence-electron chi connectivity index (χ0n) is 12.7. The SMILES string of the molecule is Cc1oc(C)c(S(=O)(=O)N(CC2CC2)C(C)C)c1C(=O)O. The summed E-state index contributed by atoms with van der Waals surface area (Å²) in [5.41, 5.74) is -0.256. The molecule has 1 aromatic rings. The van der Waals surface area contributed by atoms with Crippen molar-refractivity contribution in [2.24, 2.45) is 5.92 Å². The van der Waals surface area contributed by atoms with Crippen molar-refractivity contribution >= 4 is 16.0 Å². The maximum absolute atomic E-state index is 12.9. The maximum atomic E-state index is 12.9. The molecule has 7 heteroatoms. The number of sulfonamides is 1. The van der Waals surface area contributed by atoms with Gasteiger partial charge in [-0.2, -0.15) is 4.31 Å². The Bertz CT molecular complexity index is 655. The first kappa shape index (κ1) is 16.0. The third-order valence-corrected chi connectivity index (χ3v) is 5.89. The van der Waals surface area contributed by atoms with E-state index in [-0.39, 0.29) is 28.0 Å². The lowest BCUT2D eigenvalue weighted by molar-refractivity contribution is 0.0691. The number of hydrogen-bond donors (Lipinski definition) is 1. The van der Waals surface area contributed by atoms with Gasteiger partial charge in [0.15, 0.2) is 0 Å². The van der Waals surface area contributed by atoms with Crippen molar-refractivity contribution in [2.45, 2.75) is 51.5 Å². The topological polar surface area (TPSA) is 87.8 Å². The number of carbonyl (C=O) groups is 1. The molecule has 0 unspecified atom stereocenters. The molecule has 2 rings (SSSR count). The van der Waals surface area contributed by atoms with E-state index in [1.54, 1.807) is 13.8 Å². The van der Waals surface area contributed by atoms with Gasteiger partial charge in [0.2, 0.25) is 10.0 Å². The molecule has 0 aliphatic heterocycles. The van der Waals surface area contributed by atoms with Crippen LogP contribution in [0.4, 0.5) is 0 Å². The van der Waals surface area contributed by atoms with Crippen molar-refractivity contribution < 1.29 is 22.7 Å². The first-order valence-electron chi connectivity index (χ1n) is 7.01. The fraction of sp³-hybridized carbons (Fsp3) is 0.643. The molecule has 1 saturated carbocycles. The number of aryl methyl sites for hydroxylation is 2. The quantitative estimate of drug-likeness (QED) is 0.871. The average molecular weight is 315 g/mol. The zero-order chi connectivity index (χ0) is 15.9. The van der Waals surface area contributed by atoms with Crippen LogP contribution in [0, 0.1) is 19.8 Å². The van der Waals surface area contributed by atoms with Crippen molar-refractivity contribution in [3.05, 3.63) is 17.1 Å². The zero-order valence-corrected chi connectivity index (χ0v) is 13.5. The Kier molecular flexibility index (Phi) is 4.17. The van der Waals surface area contributed by atoms with Crippen LogP contribution in [0.25, 0.3) is 0 Å². The average Bonchev–Trinajstić information content (AvgIpc) is 3.09. The minimum absolute atomic E-state index is 0.119. The lowest BCUT2D eigenvalue weighted by Crippen LogP contribution is -2.39. The highest BCUT2D eigenvalue weighted by atomic mass is 32.2. The van der Waals surface area contributed by atoms with Crippen LogP contribution in [0.2, 0.25) is 0 Å². The molecule has 0 atom stereocenters. The van der Waals surface area contributed by atoms with E-state index >= 15 is 0 Å². The third-order valence-electron chi connectivity index (χ3n) is 3.70. The van der Waals surface area contributed by atoms with Crippen molar-refractivity contribution in [3.8, 4) is 0 Å². The molecule has 0 amide bonds. The summed E-state index contributed by atoms with van der Waals surface area (Å²) in [4.78, 5) is 11.2. The molecule has 6 nitrogen and oxygen atoms in total. The molecule has 0 radical (unpaired) electrons. The standard InChI is InChI=1S/C14H21NO5S/c1-8(2)15(7-11-5-6-11)21(18,19)13-10(4)20-9(3)12(13)14(16)17/h8,11H,5-7H2,1-4H3,(H,16,17). The Morgan fingerprint density at radius 1 is 1.33 bits per heavy atom. The fourth-order valence-electron chi connectivity index (χ4n) is 2.48. The molecule has 0 saturated heterocycles. The first-order valence-corrected chi connectivity index (χ1v) is 8.45. The second-order valence-corrected chi connectivity index (χ2v) is 7.66. The van der Waals surface area contributed by atoms with Crippen LogP contribution in [-0.4, -0.2) is 36.4 Å². The van der Waals surface area contributed by atoms with E-state index < -0.39 is 16.0 Å². The molecule has 1 aliphatic carbocycles. The molecular formula is C14H21NO5S. The van der Waals surface area contributed by atoms with E-state index in [9.17, 15) is 18.3 Å². The molecule has 1 aliphatic rings. The summed E-state index contributed by atoms with van der Waals surface area (Å²) in [7, 11) is -3.88. The Morgan fingerprint density at radius 2 is 1.90 bits per heavy atom. The van der Waals surface area contributed by atoms with Gasteiger partial charge in [-0.3, -0.25) is 0 Å². The van der Waals surface area contributed by atoms with E-state index in [1.807, 2.05) is 0 Å². The summed E-state index contributed by atoms with van der Waals surface area (Å²) in [6, 6.07) is -0.230. The van der Waals surface area contributed by atoms with Gasteiger partial charge in [0, 0.05) is 12.6 Å². The largest absolute Gasteiger partial charge is 0.478 e. The van der Waals surface area contributed by atoms with Crippen LogP contribution < -0.4 is 0 Å². The van der Waals surface area contributed by atoms with Gasteiger partial charge in [0.1, 0.15) is 22.0 Å². The maximum Gasteiger partial charge on any atom is 0.340 e. The molecule has 1 aromatic heterocycles. The van der Waals surface area contributed by atoms with Gasteiger partial charge in [-0.15, -0.1) is 0 Å². The van der Waals surface area contributed by atoms with Crippen LogP contribution in [0.3, 0.4) is 0 Å². The summed E-state index contributed by atoms with van der Waals surface area (Å²) in [6.45, 7) is 6.98. The fourth-order valence-corrected chi connectivity index (χ4v) is 4.57. The summed E-state index contributed by atoms with van der Waals surface area (Å²) in [6.07, 6.45) is 2.04. The van der Waals surface area contributed by atoms with Gasteiger partial charge in [-0.1, -0.05) is 0 Å². The number of hydrogen-bond acceptors (Lipinski definition) is 4. The molecule has 0 aromatic carbocycles. The van der Waals surface area contributed by atoms with Crippen molar-refractivity contribution in [3.63, 3.8) is 0 Å². The first-order chi connectivity index (χ1) is 9.66. The molecular weight excluding hydrogens is 294 g/mol. The van der Waals surface area contributed by atoms with E-state index in [2.05, 4.69) is 0 Å². The monoisotopic (exact) mass is 315 g/mol. The minimum atomic E-state index is -3.88. The number of carboxylic acid groups (broad SMARTS) is 1. The summed E-state index contributed by atoms with van der Waals surface area (Å²) in [5, 5.41) is 9.29. The molecule has 21 heavy (non-hydrogen) atoms. The van der Waals surface area contributed by atoms with E-state index in [0.717, 1.165) is 12.8 Å². The molecule has 1 N–H and O–H groups in total. The lowest BCUT2D eigenvalue weighted by Gasteiger charge is -2.25. The van der Waals surface area contributed by atoms with Crippen molar-refractivity contribution in [1.29, 1.82) is 0 Å². The number of aromatic carboxylic acids is 1. The molecule has 1 fully saturated rings. The van der Waals surface area contributed by atoms with Gasteiger partial charge in [-0.05, 0) is 46.5 Å². The van der Waals surface area contributed by atoms with E-state index in [4.69, 9.17) is 4.42 Å². The van der Waals surface area contributed by atoms with Crippen LogP contribution in [0.1, 0.15) is 48.6 Å². The van der Waals surface area contributed by atoms with Gasteiger partial charge in [-0.25, -0.2) is 13.2 Å². The second-order valence-electron chi connectivity index (χ2n) is 5.84. The number of rotatable bonds is 6. The summed E-state index contributed by atoms with van der Waals surface area (Å²) >= 11 is 0. The molecule has 0 bridgehead atoms. The minimum Gasteiger partial charge on any atom is -0.478 e. The number of carboxylic acids is 1. The predicted octanol–water partition coefficient (Wildman–Crippen LogP) is 2.40. The predicted molar refractivity (Wildman–Crippen MR) is 76.9 cm³/mol. The van der Waals surface area contributed by atoms with E-state index in [1.165, 1.54) is 18.2 Å². The molecule has 118 valence electrons. The number of nitrogens with zero attached hydrogens (tertiary/aromatic N) is 1. The second kappa shape index (κ2) is 5.46. The Balaban J connectivity index is 2.54. The van der Waals surface area contributed by atoms with Gasteiger partial charge in [0.05, 0.1) is 0 Å². The third kappa shape index (κ3) is 2.98. The van der Waals surface area contributed by atoms with Crippen molar-refractivity contribution in [1.82, 2.24) is 4.31 Å². The summed E-state index contributed by atoms with van der Waals surface area (Å²) in [5.74, 6) is -0.651. The highest BCUT2D eigenvalue weighted by molar-refractivity contribution is 7.89. The van der Waals surface area contributed by atoms with Crippen LogP contribution >= 0.6 is 0 Å². The van der Waals surface area contributed by atoms with Crippen molar-refractivity contribution in [2.75, 3.05) is 6.54 Å². The van der Waals surface area contributed by atoms with Crippen LogP contribution in [0.15, 0.2) is 9.31 Å². The Labute approximate surface area is 124 Å². The molecule has 0 spiro atoms. The highest BCUT2D eigenvalue weighted by Crippen LogP contribution is 2.35. The van der Waals surface area contributed by atoms with E-state index in [0.29, 0.717) is 12.5 Å². The van der Waals surface area contributed by atoms with Gasteiger partial charge >= 0.3 is 5.97 Å². The lowest BCUT2D eigenvalue weighted by atomic mass is 10.2. The number of furan rings is 1. The van der Waals surface area contributed by atoms with Crippen LogP contribution in [0.5, 0.6) is 0 Å². The van der Waals surface area contributed by atoms with Crippen LogP contribution in [-0.2, 0) is 10.0 Å². The Morgan fingerprint density at radius 3 is 2.33 bits per heavy atom. The normalized spacial score (nSPS) is 15.9. The Hall–Kier alpha value is -1.34. The van der Waals surface area contributed by atoms with Gasteiger partial charge < -0.3 is 9.52 Å². The smallest absolute Gasteiger partial charge is 0.340 e. The van der Waals surface area contributed by atoms with Gasteiger partial charge in [0.25, 0.3) is 0 Å². The highest BCUT2D eigenvalue weighted by Gasteiger charge is 2.38.